The summed E-state index contributed by atoms with van der Waals surface area (Å²) in [5, 5.41) is 5.62. The van der Waals surface area contributed by atoms with E-state index in [1.807, 2.05) is 11.3 Å². The lowest BCUT2D eigenvalue weighted by molar-refractivity contribution is 0.148. The molecule has 0 radical (unpaired) electrons. The summed E-state index contributed by atoms with van der Waals surface area (Å²) in [5.74, 6) is 0. The highest BCUT2D eigenvalue weighted by atomic mass is 32.1. The smallest absolute Gasteiger partial charge is 0.00579 e. The van der Waals surface area contributed by atoms with Crippen LogP contribution < -0.4 is 5.32 Å². The first-order valence-electron chi connectivity index (χ1n) is 6.60. The Kier molecular flexibility index (Phi) is 4.60. The summed E-state index contributed by atoms with van der Waals surface area (Å²) in [4.78, 5) is 4.01. The van der Waals surface area contributed by atoms with Gasteiger partial charge in [0, 0.05) is 18.0 Å². The highest BCUT2D eigenvalue weighted by Gasteiger charge is 2.27. The van der Waals surface area contributed by atoms with Crippen molar-refractivity contribution in [2.45, 2.75) is 26.2 Å². The molecule has 1 fully saturated rings. The number of thiophene rings is 1. The first-order valence-corrected chi connectivity index (χ1v) is 7.48. The van der Waals surface area contributed by atoms with Crippen molar-refractivity contribution in [2.24, 2.45) is 5.41 Å². The molecule has 3 heteroatoms. The molecule has 1 aromatic heterocycles. The Morgan fingerprint density at radius 1 is 1.41 bits per heavy atom. The van der Waals surface area contributed by atoms with Crippen molar-refractivity contribution >= 4 is 11.3 Å². The van der Waals surface area contributed by atoms with Crippen LogP contribution in [-0.2, 0) is 6.42 Å². The van der Waals surface area contributed by atoms with Gasteiger partial charge < -0.3 is 10.2 Å². The van der Waals surface area contributed by atoms with Crippen molar-refractivity contribution in [1.29, 1.82) is 0 Å². The van der Waals surface area contributed by atoms with Gasteiger partial charge in [0.2, 0.25) is 0 Å². The molecule has 0 aromatic carbocycles. The minimum Gasteiger partial charge on any atom is -0.317 e. The molecule has 0 bridgehead atoms. The third-order valence-electron chi connectivity index (χ3n) is 3.78. The van der Waals surface area contributed by atoms with E-state index in [2.05, 4.69) is 41.7 Å². The van der Waals surface area contributed by atoms with Gasteiger partial charge in [-0.25, -0.2) is 0 Å². The van der Waals surface area contributed by atoms with Crippen molar-refractivity contribution in [3.63, 3.8) is 0 Å². The number of nitrogens with one attached hydrogen (secondary N) is 1. The topological polar surface area (TPSA) is 15.3 Å². The van der Waals surface area contributed by atoms with E-state index in [9.17, 15) is 0 Å². The highest BCUT2D eigenvalue weighted by molar-refractivity contribution is 7.09. The minimum atomic E-state index is 0.523. The summed E-state index contributed by atoms with van der Waals surface area (Å²) in [6.07, 6.45) is 3.83. The molecule has 1 aromatic rings. The third kappa shape index (κ3) is 4.09. The zero-order valence-electron chi connectivity index (χ0n) is 11.0. The molecule has 0 atom stereocenters. The van der Waals surface area contributed by atoms with Gasteiger partial charge in [-0.05, 0) is 56.3 Å². The number of piperidine rings is 1. The molecule has 2 heterocycles. The van der Waals surface area contributed by atoms with Crippen molar-refractivity contribution in [2.75, 3.05) is 33.2 Å². The summed E-state index contributed by atoms with van der Waals surface area (Å²) in [7, 11) is 2.26. The van der Waals surface area contributed by atoms with Crippen LogP contribution in [0.3, 0.4) is 0 Å². The van der Waals surface area contributed by atoms with Gasteiger partial charge in [0.1, 0.15) is 0 Å². The lowest BCUT2D eigenvalue weighted by Gasteiger charge is -2.37. The predicted molar refractivity (Wildman–Crippen MR) is 75.7 cm³/mol. The molecule has 1 saturated heterocycles. The van der Waals surface area contributed by atoms with Gasteiger partial charge in [0.05, 0.1) is 0 Å². The van der Waals surface area contributed by atoms with Crippen LogP contribution in [0.1, 0.15) is 24.6 Å². The van der Waals surface area contributed by atoms with Crippen LogP contribution in [0.4, 0.5) is 0 Å². The summed E-state index contributed by atoms with van der Waals surface area (Å²) < 4.78 is 0. The molecular weight excluding hydrogens is 228 g/mol. The normalized spacial score (nSPS) is 19.7. The summed E-state index contributed by atoms with van der Waals surface area (Å²) in [5.41, 5.74) is 0.523. The van der Waals surface area contributed by atoms with Crippen LogP contribution >= 0.6 is 11.3 Å². The van der Waals surface area contributed by atoms with Crippen LogP contribution in [0, 0.1) is 5.41 Å². The second-order valence-corrected chi connectivity index (χ2v) is 6.66. The van der Waals surface area contributed by atoms with E-state index in [0.717, 1.165) is 0 Å². The maximum Gasteiger partial charge on any atom is 0.00579 e. The van der Waals surface area contributed by atoms with Crippen LogP contribution in [0.25, 0.3) is 0 Å². The Morgan fingerprint density at radius 3 is 2.82 bits per heavy atom. The van der Waals surface area contributed by atoms with Crippen molar-refractivity contribution < 1.29 is 0 Å². The second-order valence-electron chi connectivity index (χ2n) is 5.63. The predicted octanol–water partition coefficient (Wildman–Crippen LogP) is 2.61. The summed E-state index contributed by atoms with van der Waals surface area (Å²) in [6.45, 7) is 7.24. The fourth-order valence-electron chi connectivity index (χ4n) is 2.68. The van der Waals surface area contributed by atoms with Gasteiger partial charge in [0.15, 0.2) is 0 Å². The average Bonchev–Trinajstić information content (AvgIpc) is 2.79. The Morgan fingerprint density at radius 2 is 2.18 bits per heavy atom. The molecule has 0 saturated carbocycles. The van der Waals surface area contributed by atoms with E-state index in [1.54, 1.807) is 0 Å². The van der Waals surface area contributed by atoms with E-state index >= 15 is 0 Å². The molecule has 0 unspecified atom stereocenters. The lowest BCUT2D eigenvalue weighted by Crippen LogP contribution is -2.42. The van der Waals surface area contributed by atoms with Gasteiger partial charge in [-0.1, -0.05) is 13.0 Å². The largest absolute Gasteiger partial charge is 0.317 e. The molecular formula is C14H24N2S. The fraction of sp³-hybridized carbons (Fsp3) is 0.714. The van der Waals surface area contributed by atoms with Crippen LogP contribution in [0.5, 0.6) is 0 Å². The van der Waals surface area contributed by atoms with E-state index < -0.39 is 0 Å². The molecule has 0 amide bonds. The molecule has 2 nitrogen and oxygen atoms in total. The monoisotopic (exact) mass is 252 g/mol. The Labute approximate surface area is 109 Å². The lowest BCUT2D eigenvalue weighted by atomic mass is 9.80. The van der Waals surface area contributed by atoms with Crippen molar-refractivity contribution in [1.82, 2.24) is 10.2 Å². The number of likely N-dealkylation sites (N-methyl/N-ethyl adjacent to an activating group) is 1. The van der Waals surface area contributed by atoms with Crippen molar-refractivity contribution in [3.8, 4) is 0 Å². The number of hydrogen-bond donors (Lipinski definition) is 1. The van der Waals surface area contributed by atoms with Crippen LogP contribution in [-0.4, -0.2) is 38.1 Å². The Balaban J connectivity index is 1.74. The molecule has 17 heavy (non-hydrogen) atoms. The molecule has 2 rings (SSSR count). The van der Waals surface area contributed by atoms with Gasteiger partial charge in [0.25, 0.3) is 0 Å². The molecule has 1 N–H and O–H groups in total. The van der Waals surface area contributed by atoms with Crippen LogP contribution in [0.15, 0.2) is 17.5 Å². The van der Waals surface area contributed by atoms with E-state index in [0.29, 0.717) is 5.41 Å². The quantitative estimate of drug-likeness (QED) is 0.866. The minimum absolute atomic E-state index is 0.523. The van der Waals surface area contributed by atoms with Gasteiger partial charge >= 0.3 is 0 Å². The zero-order valence-corrected chi connectivity index (χ0v) is 11.9. The average molecular weight is 252 g/mol. The van der Waals surface area contributed by atoms with Gasteiger partial charge in [-0.2, -0.15) is 0 Å². The fourth-order valence-corrected chi connectivity index (χ4v) is 3.37. The van der Waals surface area contributed by atoms with E-state index in [1.165, 1.54) is 50.3 Å². The van der Waals surface area contributed by atoms with Crippen LogP contribution in [0.2, 0.25) is 0 Å². The molecule has 96 valence electrons. The molecule has 0 spiro atoms. The number of rotatable bonds is 5. The van der Waals surface area contributed by atoms with Gasteiger partial charge in [-0.3, -0.25) is 0 Å². The number of nitrogens with zero attached hydrogens (tertiary/aromatic N) is 1. The maximum atomic E-state index is 3.45. The first-order chi connectivity index (χ1) is 8.18. The second kappa shape index (κ2) is 5.98. The first kappa shape index (κ1) is 13.1. The Bertz CT molecular complexity index is 315. The number of hydrogen-bond acceptors (Lipinski definition) is 3. The third-order valence-corrected chi connectivity index (χ3v) is 4.72. The summed E-state index contributed by atoms with van der Waals surface area (Å²) in [6, 6.07) is 4.39. The molecule has 1 aliphatic rings. The molecule has 1 aliphatic heterocycles. The van der Waals surface area contributed by atoms with Gasteiger partial charge in [-0.15, -0.1) is 11.3 Å². The van der Waals surface area contributed by atoms with E-state index in [-0.39, 0.29) is 0 Å². The SMILES string of the molecule is CN(CCc1cccs1)CC1(C)CCNCC1. The zero-order chi connectivity index (χ0) is 12.1. The highest BCUT2D eigenvalue weighted by Crippen LogP contribution is 2.28. The van der Waals surface area contributed by atoms with E-state index in [4.69, 9.17) is 0 Å². The maximum absolute atomic E-state index is 3.45. The molecule has 0 aliphatic carbocycles. The standard InChI is InChI=1S/C14H24N2S/c1-14(6-8-15-9-7-14)12-16(2)10-5-13-4-3-11-17-13/h3-4,11,15H,5-10,12H2,1-2H3. The summed E-state index contributed by atoms with van der Waals surface area (Å²) >= 11 is 1.87. The van der Waals surface area contributed by atoms with Crippen molar-refractivity contribution in [3.05, 3.63) is 22.4 Å². The Hall–Kier alpha value is -0.380.